The van der Waals surface area contributed by atoms with Crippen LogP contribution in [-0.2, 0) is 17.8 Å². The van der Waals surface area contributed by atoms with Gasteiger partial charge in [0.2, 0.25) is 5.91 Å². The number of carbonyl (C=O) groups is 1. The zero-order chi connectivity index (χ0) is 18.2. The van der Waals surface area contributed by atoms with Crippen LogP contribution >= 0.6 is 23.7 Å². The minimum absolute atomic E-state index is 0. The quantitative estimate of drug-likeness (QED) is 0.466. The lowest BCUT2D eigenvalue weighted by Gasteiger charge is -2.06. The van der Waals surface area contributed by atoms with E-state index in [1.807, 2.05) is 24.3 Å². The van der Waals surface area contributed by atoms with Crippen molar-refractivity contribution in [2.75, 3.05) is 5.32 Å². The maximum Gasteiger partial charge on any atom is 0.224 e. The maximum atomic E-state index is 12.0. The van der Waals surface area contributed by atoms with Gasteiger partial charge in [0.15, 0.2) is 5.82 Å². The normalized spacial score (nSPS) is 10.4. The van der Waals surface area contributed by atoms with Gasteiger partial charge >= 0.3 is 0 Å². The zero-order valence-electron chi connectivity index (χ0n) is 15.0. The van der Waals surface area contributed by atoms with Crippen LogP contribution in [0.5, 0.6) is 0 Å². The molecule has 0 atom stereocenters. The lowest BCUT2D eigenvalue weighted by Crippen LogP contribution is -2.10. The van der Waals surface area contributed by atoms with E-state index in [0.29, 0.717) is 24.6 Å². The predicted octanol–water partition coefficient (Wildman–Crippen LogP) is 4.16. The molecule has 0 radical (unpaired) electrons. The number of nitrogens with one attached hydrogen (secondary N) is 2. The summed E-state index contributed by atoms with van der Waals surface area (Å²) in [5.41, 5.74) is 7.19. The molecule has 0 saturated heterocycles. The first-order chi connectivity index (χ1) is 12.7. The fraction of sp³-hybridized carbons (Fsp3) is 0.316. The van der Waals surface area contributed by atoms with E-state index in [1.54, 1.807) is 11.3 Å². The van der Waals surface area contributed by atoms with Gasteiger partial charge in [0, 0.05) is 22.5 Å². The number of aromatic nitrogens is 3. The number of nitrogens with zero attached hydrogens (tertiary/aromatic N) is 2. The van der Waals surface area contributed by atoms with Crippen LogP contribution in [0.15, 0.2) is 41.8 Å². The van der Waals surface area contributed by atoms with Gasteiger partial charge in [0.05, 0.1) is 6.54 Å². The number of amides is 1. The van der Waals surface area contributed by atoms with Crippen molar-refractivity contribution in [3.63, 3.8) is 0 Å². The molecule has 2 heterocycles. The third kappa shape index (κ3) is 6.46. The summed E-state index contributed by atoms with van der Waals surface area (Å²) in [6, 6.07) is 11.7. The molecular weight excluding hydrogens is 382 g/mol. The molecule has 4 N–H and O–H groups in total. The molecule has 1 amide bonds. The number of aryl methyl sites for hydroxylation is 1. The van der Waals surface area contributed by atoms with Gasteiger partial charge < -0.3 is 11.1 Å². The zero-order valence-corrected chi connectivity index (χ0v) is 16.6. The van der Waals surface area contributed by atoms with Crippen LogP contribution in [0.3, 0.4) is 0 Å². The number of anilines is 1. The Labute approximate surface area is 169 Å². The molecule has 0 spiro atoms. The second kappa shape index (κ2) is 10.8. The standard InChI is InChI=1S/C19H23N5OS.ClH/c20-13-17-22-19(24-23-17)14-8-10-15(11-9-14)21-18(25)7-3-1-2-5-16-6-4-12-26-16;/h4,6,8-12H,1-3,5,7,13,20H2,(H,21,25)(H,22,23,24);1H. The lowest BCUT2D eigenvalue weighted by atomic mass is 10.1. The van der Waals surface area contributed by atoms with E-state index in [0.717, 1.165) is 36.9 Å². The van der Waals surface area contributed by atoms with Crippen LogP contribution < -0.4 is 11.1 Å². The topological polar surface area (TPSA) is 96.7 Å². The molecule has 6 nitrogen and oxygen atoms in total. The maximum absolute atomic E-state index is 12.0. The number of nitrogens with two attached hydrogens (primary N) is 1. The Morgan fingerprint density at radius 1 is 1.15 bits per heavy atom. The van der Waals surface area contributed by atoms with Crippen molar-refractivity contribution in [3.8, 4) is 11.4 Å². The molecule has 0 unspecified atom stereocenters. The molecule has 3 rings (SSSR count). The summed E-state index contributed by atoms with van der Waals surface area (Å²) in [7, 11) is 0. The molecule has 1 aromatic carbocycles. The smallest absolute Gasteiger partial charge is 0.224 e. The van der Waals surface area contributed by atoms with E-state index in [9.17, 15) is 4.79 Å². The number of unbranched alkanes of at least 4 members (excludes halogenated alkanes) is 2. The van der Waals surface area contributed by atoms with Crippen molar-refractivity contribution in [3.05, 3.63) is 52.5 Å². The summed E-state index contributed by atoms with van der Waals surface area (Å²) in [6.07, 6.45) is 4.76. The Kier molecular flexibility index (Phi) is 8.44. The Morgan fingerprint density at radius 2 is 1.96 bits per heavy atom. The number of carbonyl (C=O) groups excluding carboxylic acids is 1. The molecule has 2 aromatic heterocycles. The van der Waals surface area contributed by atoms with Crippen molar-refractivity contribution >= 4 is 35.3 Å². The second-order valence-corrected chi connectivity index (χ2v) is 7.11. The number of aromatic amines is 1. The van der Waals surface area contributed by atoms with Gasteiger partial charge in [0.25, 0.3) is 0 Å². The SMILES string of the molecule is Cl.NCc1nc(-c2ccc(NC(=O)CCCCCc3cccs3)cc2)n[nH]1. The minimum atomic E-state index is 0. The summed E-state index contributed by atoms with van der Waals surface area (Å²) >= 11 is 1.79. The molecule has 8 heteroatoms. The number of rotatable bonds is 9. The third-order valence-corrected chi connectivity index (χ3v) is 5.00. The number of hydrogen-bond acceptors (Lipinski definition) is 5. The number of thiophene rings is 1. The first-order valence-corrected chi connectivity index (χ1v) is 9.66. The summed E-state index contributed by atoms with van der Waals surface area (Å²) in [5.74, 6) is 1.31. The summed E-state index contributed by atoms with van der Waals surface area (Å²) < 4.78 is 0. The third-order valence-electron chi connectivity index (χ3n) is 4.06. The van der Waals surface area contributed by atoms with Crippen LogP contribution in [0.4, 0.5) is 5.69 Å². The van der Waals surface area contributed by atoms with Gasteiger partial charge in [0.1, 0.15) is 5.82 Å². The average Bonchev–Trinajstić information content (AvgIpc) is 3.34. The van der Waals surface area contributed by atoms with Crippen LogP contribution in [-0.4, -0.2) is 21.1 Å². The van der Waals surface area contributed by atoms with E-state index in [1.165, 1.54) is 4.88 Å². The number of halogens is 1. The highest BCUT2D eigenvalue weighted by atomic mass is 35.5. The highest BCUT2D eigenvalue weighted by molar-refractivity contribution is 7.09. The highest BCUT2D eigenvalue weighted by Gasteiger charge is 2.06. The molecular formula is C19H24ClN5OS. The molecule has 0 aliphatic carbocycles. The highest BCUT2D eigenvalue weighted by Crippen LogP contribution is 2.18. The first kappa shape index (κ1) is 21.1. The summed E-state index contributed by atoms with van der Waals surface area (Å²) in [6.45, 7) is 0.328. The largest absolute Gasteiger partial charge is 0.326 e. The number of benzene rings is 1. The van der Waals surface area contributed by atoms with Gasteiger partial charge in [-0.3, -0.25) is 9.89 Å². The molecule has 0 fully saturated rings. The van der Waals surface area contributed by atoms with Crippen molar-refractivity contribution in [2.24, 2.45) is 5.73 Å². The Bertz CT molecular complexity index is 817. The van der Waals surface area contributed by atoms with Crippen LogP contribution in [0, 0.1) is 0 Å². The van der Waals surface area contributed by atoms with Gasteiger partial charge in [-0.05, 0) is 55.0 Å². The van der Waals surface area contributed by atoms with E-state index in [4.69, 9.17) is 5.73 Å². The molecule has 0 bridgehead atoms. The predicted molar refractivity (Wildman–Crippen MR) is 112 cm³/mol. The Morgan fingerprint density at radius 3 is 2.63 bits per heavy atom. The number of H-pyrrole nitrogens is 1. The molecule has 0 aliphatic heterocycles. The minimum Gasteiger partial charge on any atom is -0.326 e. The molecule has 0 saturated carbocycles. The monoisotopic (exact) mass is 405 g/mol. The van der Waals surface area contributed by atoms with Crippen molar-refractivity contribution < 1.29 is 4.79 Å². The van der Waals surface area contributed by atoms with E-state index >= 15 is 0 Å². The van der Waals surface area contributed by atoms with E-state index < -0.39 is 0 Å². The van der Waals surface area contributed by atoms with Crippen LogP contribution in [0.25, 0.3) is 11.4 Å². The molecule has 0 aliphatic rings. The first-order valence-electron chi connectivity index (χ1n) is 8.78. The van der Waals surface area contributed by atoms with Gasteiger partial charge in [-0.15, -0.1) is 23.7 Å². The average molecular weight is 406 g/mol. The summed E-state index contributed by atoms with van der Waals surface area (Å²) in [5, 5.41) is 11.9. The molecule has 3 aromatic rings. The lowest BCUT2D eigenvalue weighted by molar-refractivity contribution is -0.116. The summed E-state index contributed by atoms with van der Waals surface area (Å²) in [4.78, 5) is 17.8. The van der Waals surface area contributed by atoms with Crippen molar-refractivity contribution in [1.82, 2.24) is 15.2 Å². The Balaban J connectivity index is 0.00000261. The van der Waals surface area contributed by atoms with Crippen LogP contribution in [0.1, 0.15) is 36.4 Å². The fourth-order valence-electron chi connectivity index (χ4n) is 2.66. The molecule has 27 heavy (non-hydrogen) atoms. The fourth-order valence-corrected chi connectivity index (χ4v) is 3.41. The van der Waals surface area contributed by atoms with E-state index in [-0.39, 0.29) is 18.3 Å². The number of hydrogen-bond donors (Lipinski definition) is 3. The van der Waals surface area contributed by atoms with Crippen molar-refractivity contribution in [1.29, 1.82) is 0 Å². The van der Waals surface area contributed by atoms with Gasteiger partial charge in [-0.25, -0.2) is 4.98 Å². The van der Waals surface area contributed by atoms with Crippen molar-refractivity contribution in [2.45, 2.75) is 38.6 Å². The van der Waals surface area contributed by atoms with Crippen LogP contribution in [0.2, 0.25) is 0 Å². The molecule has 144 valence electrons. The second-order valence-electron chi connectivity index (χ2n) is 6.08. The van der Waals surface area contributed by atoms with Gasteiger partial charge in [-0.2, -0.15) is 5.10 Å². The Hall–Kier alpha value is -2.22. The van der Waals surface area contributed by atoms with E-state index in [2.05, 4.69) is 38.0 Å². The van der Waals surface area contributed by atoms with Gasteiger partial charge in [-0.1, -0.05) is 12.5 Å².